The second kappa shape index (κ2) is 10.2. The molecule has 0 saturated heterocycles. The van der Waals surface area contributed by atoms with Crippen LogP contribution in [-0.4, -0.2) is 35.2 Å². The monoisotopic (exact) mass is 432 g/mol. The van der Waals surface area contributed by atoms with Gasteiger partial charge in [-0.15, -0.1) is 0 Å². The highest BCUT2D eigenvalue weighted by Gasteiger charge is 2.14. The summed E-state index contributed by atoms with van der Waals surface area (Å²) in [6.45, 7) is 5.93. The number of aryl methyl sites for hydroxylation is 1. The number of carbonyl (C=O) groups is 3. The fourth-order valence-corrected chi connectivity index (χ4v) is 3.20. The topological polar surface area (TPSA) is 102 Å². The van der Waals surface area contributed by atoms with Crippen LogP contribution in [0.3, 0.4) is 0 Å². The van der Waals surface area contributed by atoms with E-state index in [9.17, 15) is 14.4 Å². The zero-order valence-electron chi connectivity index (χ0n) is 18.1. The molecule has 0 saturated carbocycles. The molecule has 32 heavy (non-hydrogen) atoms. The van der Waals surface area contributed by atoms with Crippen LogP contribution in [0.5, 0.6) is 0 Å². The highest BCUT2D eigenvalue weighted by molar-refractivity contribution is 6.39. The summed E-state index contributed by atoms with van der Waals surface area (Å²) in [5.41, 5.74) is 6.77. The van der Waals surface area contributed by atoms with Crippen molar-refractivity contribution in [3.63, 3.8) is 0 Å². The number of esters is 1. The number of amides is 2. The number of rotatable bonds is 6. The van der Waals surface area contributed by atoms with Crippen LogP contribution >= 0.6 is 0 Å². The summed E-state index contributed by atoms with van der Waals surface area (Å²) in [6, 6.07) is 17.9. The first-order valence-corrected chi connectivity index (χ1v) is 10.1. The van der Waals surface area contributed by atoms with Crippen molar-refractivity contribution in [2.24, 2.45) is 5.10 Å². The molecule has 0 radical (unpaired) electrons. The normalized spacial score (nSPS) is 10.7. The first-order valence-electron chi connectivity index (χ1n) is 10.1. The van der Waals surface area contributed by atoms with E-state index < -0.39 is 17.8 Å². The molecule has 0 atom stereocenters. The lowest BCUT2D eigenvalue weighted by molar-refractivity contribution is -0.136. The number of ether oxygens (including phenoxy) is 1. The van der Waals surface area contributed by atoms with Crippen molar-refractivity contribution in [1.29, 1.82) is 0 Å². The summed E-state index contributed by atoms with van der Waals surface area (Å²) in [5, 5.41) is 6.36. The molecule has 1 aromatic heterocycles. The van der Waals surface area contributed by atoms with Crippen molar-refractivity contribution in [3.05, 3.63) is 83.2 Å². The Morgan fingerprint density at radius 3 is 2.34 bits per heavy atom. The molecule has 3 aromatic rings. The van der Waals surface area contributed by atoms with Gasteiger partial charge < -0.3 is 14.6 Å². The Kier molecular flexibility index (Phi) is 7.17. The van der Waals surface area contributed by atoms with E-state index in [0.29, 0.717) is 11.3 Å². The maximum absolute atomic E-state index is 12.1. The zero-order chi connectivity index (χ0) is 23.1. The molecule has 0 spiro atoms. The van der Waals surface area contributed by atoms with E-state index >= 15 is 0 Å². The summed E-state index contributed by atoms with van der Waals surface area (Å²) < 4.78 is 6.98. The fourth-order valence-electron chi connectivity index (χ4n) is 3.20. The zero-order valence-corrected chi connectivity index (χ0v) is 18.1. The van der Waals surface area contributed by atoms with Crippen LogP contribution in [0.4, 0.5) is 5.69 Å². The van der Waals surface area contributed by atoms with E-state index in [2.05, 4.69) is 20.4 Å². The lowest BCUT2D eigenvalue weighted by Gasteiger charge is -2.09. The number of aromatic nitrogens is 1. The smallest absolute Gasteiger partial charge is 0.338 e. The predicted molar refractivity (Wildman–Crippen MR) is 122 cm³/mol. The van der Waals surface area contributed by atoms with Gasteiger partial charge in [0.25, 0.3) is 0 Å². The molecule has 3 rings (SSSR count). The summed E-state index contributed by atoms with van der Waals surface area (Å²) in [5.74, 6) is -2.24. The first-order chi connectivity index (χ1) is 15.4. The van der Waals surface area contributed by atoms with Crippen molar-refractivity contribution in [1.82, 2.24) is 9.99 Å². The van der Waals surface area contributed by atoms with Crippen molar-refractivity contribution in [2.45, 2.75) is 20.8 Å². The van der Waals surface area contributed by atoms with Gasteiger partial charge in [0.2, 0.25) is 0 Å². The third-order valence-electron chi connectivity index (χ3n) is 4.71. The Balaban J connectivity index is 1.60. The fraction of sp³-hybridized carbons (Fsp3) is 0.167. The van der Waals surface area contributed by atoms with Crippen molar-refractivity contribution in [2.75, 3.05) is 11.9 Å². The van der Waals surface area contributed by atoms with Crippen LogP contribution < -0.4 is 10.7 Å². The molecule has 2 aromatic carbocycles. The Hall–Kier alpha value is -4.20. The van der Waals surface area contributed by atoms with Gasteiger partial charge in [-0.2, -0.15) is 5.10 Å². The minimum atomic E-state index is -0.910. The number of anilines is 1. The van der Waals surface area contributed by atoms with Crippen molar-refractivity contribution in [3.8, 4) is 5.69 Å². The van der Waals surface area contributed by atoms with Gasteiger partial charge >= 0.3 is 17.8 Å². The predicted octanol–water partition coefficient (Wildman–Crippen LogP) is 3.36. The number of hydrazone groups is 1. The molecule has 0 fully saturated rings. The Morgan fingerprint density at radius 2 is 1.69 bits per heavy atom. The third kappa shape index (κ3) is 5.28. The molecular formula is C24H24N4O4. The van der Waals surface area contributed by atoms with E-state index in [4.69, 9.17) is 4.74 Å². The van der Waals surface area contributed by atoms with E-state index in [1.165, 1.54) is 30.5 Å². The molecule has 2 amide bonds. The summed E-state index contributed by atoms with van der Waals surface area (Å²) in [4.78, 5) is 35.8. The molecule has 0 unspecified atom stereocenters. The molecule has 0 aliphatic heterocycles. The van der Waals surface area contributed by atoms with Gasteiger partial charge in [-0.3, -0.25) is 9.59 Å². The molecule has 164 valence electrons. The number of nitrogens with one attached hydrogen (secondary N) is 2. The quantitative estimate of drug-likeness (QED) is 0.270. The molecule has 0 aliphatic rings. The Bertz CT molecular complexity index is 1150. The summed E-state index contributed by atoms with van der Waals surface area (Å²) in [6.07, 6.45) is 1.50. The standard InChI is InChI=1S/C24H24N4O4/c1-4-32-24(31)18-10-12-20(13-11-18)26-22(29)23(30)27-25-15-19-14-16(2)28(17(19)3)21-8-6-5-7-9-21/h5-15H,4H2,1-3H3,(H,26,29)(H,27,30)/b25-15-. The lowest BCUT2D eigenvalue weighted by atomic mass is 10.2. The molecule has 2 N–H and O–H groups in total. The van der Waals surface area contributed by atoms with Crippen LogP contribution in [0.2, 0.25) is 0 Å². The molecule has 0 bridgehead atoms. The second-order valence-corrected chi connectivity index (χ2v) is 6.95. The van der Waals surface area contributed by atoms with Gasteiger partial charge in [0.1, 0.15) is 0 Å². The molecule has 8 nitrogen and oxygen atoms in total. The molecule has 8 heteroatoms. The van der Waals surface area contributed by atoms with Gasteiger partial charge in [-0.05, 0) is 63.2 Å². The van der Waals surface area contributed by atoms with Crippen LogP contribution in [-0.2, 0) is 14.3 Å². The van der Waals surface area contributed by atoms with Gasteiger partial charge in [-0.25, -0.2) is 10.2 Å². The van der Waals surface area contributed by atoms with Crippen LogP contribution in [0.1, 0.15) is 34.2 Å². The number of nitrogens with zero attached hydrogens (tertiary/aromatic N) is 2. The largest absolute Gasteiger partial charge is 0.462 e. The van der Waals surface area contributed by atoms with Crippen LogP contribution in [0, 0.1) is 13.8 Å². The number of benzene rings is 2. The van der Waals surface area contributed by atoms with Crippen LogP contribution in [0.25, 0.3) is 5.69 Å². The minimum Gasteiger partial charge on any atom is -0.462 e. The molecule has 0 aliphatic carbocycles. The van der Waals surface area contributed by atoms with Gasteiger partial charge in [0.05, 0.1) is 18.4 Å². The highest BCUT2D eigenvalue weighted by Crippen LogP contribution is 2.19. The Morgan fingerprint density at radius 1 is 1.00 bits per heavy atom. The number of hydrogen-bond acceptors (Lipinski definition) is 5. The van der Waals surface area contributed by atoms with Gasteiger partial charge in [0.15, 0.2) is 0 Å². The second-order valence-electron chi connectivity index (χ2n) is 6.95. The van der Waals surface area contributed by atoms with Crippen LogP contribution in [0.15, 0.2) is 65.8 Å². The molecular weight excluding hydrogens is 408 g/mol. The van der Waals surface area contributed by atoms with E-state index in [0.717, 1.165) is 22.6 Å². The number of para-hydroxylation sites is 1. The van der Waals surface area contributed by atoms with Gasteiger partial charge in [0, 0.05) is 28.3 Å². The van der Waals surface area contributed by atoms with Crippen molar-refractivity contribution >= 4 is 29.7 Å². The van der Waals surface area contributed by atoms with Gasteiger partial charge in [-0.1, -0.05) is 18.2 Å². The molecule has 1 heterocycles. The van der Waals surface area contributed by atoms with Crippen molar-refractivity contribution < 1.29 is 19.1 Å². The number of hydrogen-bond donors (Lipinski definition) is 2. The maximum Gasteiger partial charge on any atom is 0.338 e. The maximum atomic E-state index is 12.1. The summed E-state index contributed by atoms with van der Waals surface area (Å²) in [7, 11) is 0. The number of carbonyl (C=O) groups excluding carboxylic acids is 3. The van der Waals surface area contributed by atoms with E-state index in [-0.39, 0.29) is 6.61 Å². The van der Waals surface area contributed by atoms with E-state index in [1.807, 2.05) is 50.2 Å². The lowest BCUT2D eigenvalue weighted by Crippen LogP contribution is -2.32. The van der Waals surface area contributed by atoms with E-state index in [1.54, 1.807) is 6.92 Å². The third-order valence-corrected chi connectivity index (χ3v) is 4.71. The average molecular weight is 432 g/mol. The highest BCUT2D eigenvalue weighted by atomic mass is 16.5. The Labute approximate surface area is 185 Å². The summed E-state index contributed by atoms with van der Waals surface area (Å²) >= 11 is 0. The first kappa shape index (κ1) is 22.5. The average Bonchev–Trinajstić information content (AvgIpc) is 3.07. The minimum absolute atomic E-state index is 0.272. The SMILES string of the molecule is CCOC(=O)c1ccc(NC(=O)C(=O)N/N=C\c2cc(C)n(-c3ccccc3)c2C)cc1.